The quantitative estimate of drug-likeness (QED) is 0.786. The Kier molecular flexibility index (Phi) is 6.21. The highest BCUT2D eigenvalue weighted by molar-refractivity contribution is 9.10. The van der Waals surface area contributed by atoms with E-state index in [1.165, 1.54) is 17.8 Å². The summed E-state index contributed by atoms with van der Waals surface area (Å²) in [4.78, 5) is 5.22. The van der Waals surface area contributed by atoms with Crippen molar-refractivity contribution in [3.63, 3.8) is 0 Å². The molecule has 2 nitrogen and oxygen atoms in total. The summed E-state index contributed by atoms with van der Waals surface area (Å²) < 4.78 is 15.0. The first-order valence-electron chi connectivity index (χ1n) is 6.84. The number of hydrogen-bond donors (Lipinski definition) is 1. The summed E-state index contributed by atoms with van der Waals surface area (Å²) in [7, 11) is 0. The first-order valence-corrected chi connectivity index (χ1v) is 8.45. The third-order valence-corrected chi connectivity index (χ3v) is 4.89. The zero-order valence-corrected chi connectivity index (χ0v) is 14.5. The summed E-state index contributed by atoms with van der Waals surface area (Å²) in [5.74, 6) is 0.362. The number of hydrogen-bond acceptors (Lipinski definition) is 3. The maximum atomic E-state index is 14.1. The largest absolute Gasteiger partial charge is 0.312 e. The van der Waals surface area contributed by atoms with Crippen molar-refractivity contribution < 1.29 is 4.39 Å². The second-order valence-electron chi connectivity index (χ2n) is 5.13. The minimum absolute atomic E-state index is 0.177. The Morgan fingerprint density at radius 2 is 2.10 bits per heavy atom. The molecule has 112 valence electrons. The van der Waals surface area contributed by atoms with Gasteiger partial charge in [0.2, 0.25) is 0 Å². The summed E-state index contributed by atoms with van der Waals surface area (Å²) in [6.45, 7) is 5.66. The second kappa shape index (κ2) is 7.92. The number of pyridine rings is 1. The van der Waals surface area contributed by atoms with Crippen LogP contribution in [0.25, 0.3) is 0 Å². The van der Waals surface area contributed by atoms with E-state index in [-0.39, 0.29) is 5.82 Å². The number of rotatable bonds is 6. The fourth-order valence-corrected chi connectivity index (χ4v) is 3.27. The molecule has 0 aliphatic rings. The third-order valence-electron chi connectivity index (χ3n) is 2.86. The maximum absolute atomic E-state index is 14.1. The van der Waals surface area contributed by atoms with Crippen LogP contribution >= 0.6 is 27.7 Å². The van der Waals surface area contributed by atoms with Gasteiger partial charge < -0.3 is 5.32 Å². The average molecular weight is 369 g/mol. The molecule has 0 aliphatic heterocycles. The molecule has 1 N–H and O–H groups in total. The van der Waals surface area contributed by atoms with Gasteiger partial charge in [0.15, 0.2) is 0 Å². The van der Waals surface area contributed by atoms with E-state index in [1.807, 2.05) is 18.2 Å². The number of benzene rings is 1. The zero-order chi connectivity index (χ0) is 15.2. The summed E-state index contributed by atoms with van der Waals surface area (Å²) in [5.41, 5.74) is 0.695. The van der Waals surface area contributed by atoms with E-state index in [4.69, 9.17) is 0 Å². The maximum Gasteiger partial charge on any atom is 0.128 e. The van der Waals surface area contributed by atoms with E-state index in [1.54, 1.807) is 12.3 Å². The van der Waals surface area contributed by atoms with Crippen LogP contribution in [0, 0.1) is 11.7 Å². The highest BCUT2D eigenvalue weighted by Crippen LogP contribution is 2.34. The van der Waals surface area contributed by atoms with Crippen molar-refractivity contribution in [2.75, 3.05) is 6.54 Å². The van der Waals surface area contributed by atoms with Crippen LogP contribution in [0.3, 0.4) is 0 Å². The molecule has 2 rings (SSSR count). The molecule has 0 spiro atoms. The predicted molar refractivity (Wildman–Crippen MR) is 89.0 cm³/mol. The fraction of sp³-hybridized carbons (Fsp3) is 0.312. The molecule has 1 aromatic carbocycles. The van der Waals surface area contributed by atoms with Crippen molar-refractivity contribution in [1.82, 2.24) is 10.3 Å². The lowest BCUT2D eigenvalue weighted by molar-refractivity contribution is 0.530. The molecular formula is C16H18BrFN2S. The Balaban J connectivity index is 2.19. The highest BCUT2D eigenvalue weighted by atomic mass is 79.9. The third kappa shape index (κ3) is 4.80. The lowest BCUT2D eigenvalue weighted by atomic mass is 10.2. The molecule has 1 heterocycles. The first kappa shape index (κ1) is 16.5. The smallest absolute Gasteiger partial charge is 0.128 e. The van der Waals surface area contributed by atoms with Crippen LogP contribution in [0.15, 0.2) is 50.9 Å². The van der Waals surface area contributed by atoms with Gasteiger partial charge in [0.25, 0.3) is 0 Å². The molecule has 0 amide bonds. The van der Waals surface area contributed by atoms with Gasteiger partial charge in [0.05, 0.1) is 4.47 Å². The summed E-state index contributed by atoms with van der Waals surface area (Å²) in [6.07, 6.45) is 1.74. The van der Waals surface area contributed by atoms with Crippen molar-refractivity contribution in [3.05, 3.63) is 52.4 Å². The van der Waals surface area contributed by atoms with E-state index in [2.05, 4.69) is 40.1 Å². The van der Waals surface area contributed by atoms with Gasteiger partial charge in [-0.2, -0.15) is 0 Å². The molecule has 0 saturated carbocycles. The van der Waals surface area contributed by atoms with Crippen LogP contribution in [-0.2, 0) is 6.54 Å². The Labute approximate surface area is 137 Å². The molecule has 2 aromatic rings. The highest BCUT2D eigenvalue weighted by Gasteiger charge is 2.12. The molecule has 21 heavy (non-hydrogen) atoms. The van der Waals surface area contributed by atoms with Crippen LogP contribution < -0.4 is 5.32 Å². The number of aromatic nitrogens is 1. The molecule has 0 atom stereocenters. The van der Waals surface area contributed by atoms with E-state index in [9.17, 15) is 4.39 Å². The normalized spacial score (nSPS) is 11.1. The van der Waals surface area contributed by atoms with Crippen LogP contribution in [0.1, 0.15) is 19.4 Å². The topological polar surface area (TPSA) is 24.9 Å². The van der Waals surface area contributed by atoms with Gasteiger partial charge in [-0.15, -0.1) is 0 Å². The number of nitrogens with zero attached hydrogens (tertiary/aromatic N) is 1. The van der Waals surface area contributed by atoms with Gasteiger partial charge >= 0.3 is 0 Å². The SMILES string of the molecule is CC(C)CNCc1c(F)cccc1Sc1ncccc1Br. The van der Waals surface area contributed by atoms with E-state index >= 15 is 0 Å². The molecule has 0 fully saturated rings. The molecule has 0 saturated heterocycles. The van der Waals surface area contributed by atoms with Crippen molar-refractivity contribution in [2.24, 2.45) is 5.92 Å². The van der Waals surface area contributed by atoms with Gasteiger partial charge in [-0.3, -0.25) is 0 Å². The lowest BCUT2D eigenvalue weighted by Crippen LogP contribution is -2.20. The Morgan fingerprint density at radius 1 is 1.29 bits per heavy atom. The minimum atomic E-state index is -0.177. The van der Waals surface area contributed by atoms with Gasteiger partial charge in [0, 0.05) is 23.2 Å². The van der Waals surface area contributed by atoms with Crippen LogP contribution in [-0.4, -0.2) is 11.5 Å². The Morgan fingerprint density at radius 3 is 2.81 bits per heavy atom. The fourth-order valence-electron chi connectivity index (χ4n) is 1.84. The van der Waals surface area contributed by atoms with E-state index in [0.717, 1.165) is 20.9 Å². The molecule has 1 aromatic heterocycles. The first-order chi connectivity index (χ1) is 10.1. The molecule has 0 aliphatic carbocycles. The number of nitrogens with one attached hydrogen (secondary N) is 1. The monoisotopic (exact) mass is 368 g/mol. The molecule has 5 heteroatoms. The van der Waals surface area contributed by atoms with Gasteiger partial charge in [-0.1, -0.05) is 31.7 Å². The predicted octanol–water partition coefficient (Wildman–Crippen LogP) is 4.88. The Hall–Kier alpha value is -0.910. The average Bonchev–Trinajstić information content (AvgIpc) is 2.44. The minimum Gasteiger partial charge on any atom is -0.312 e. The van der Waals surface area contributed by atoms with Gasteiger partial charge in [-0.25, -0.2) is 9.37 Å². The zero-order valence-electron chi connectivity index (χ0n) is 12.1. The van der Waals surface area contributed by atoms with Crippen molar-refractivity contribution >= 4 is 27.7 Å². The van der Waals surface area contributed by atoms with Crippen LogP contribution in [0.2, 0.25) is 0 Å². The van der Waals surface area contributed by atoms with E-state index in [0.29, 0.717) is 18.0 Å². The Bertz CT molecular complexity index is 605. The van der Waals surface area contributed by atoms with Crippen molar-refractivity contribution in [1.29, 1.82) is 0 Å². The molecule has 0 bridgehead atoms. The second-order valence-corrected chi connectivity index (χ2v) is 7.02. The summed E-state index contributed by atoms with van der Waals surface area (Å²) in [6, 6.07) is 8.97. The van der Waals surface area contributed by atoms with Gasteiger partial charge in [0.1, 0.15) is 10.8 Å². The van der Waals surface area contributed by atoms with E-state index < -0.39 is 0 Å². The van der Waals surface area contributed by atoms with Crippen LogP contribution in [0.4, 0.5) is 4.39 Å². The van der Waals surface area contributed by atoms with Crippen LogP contribution in [0.5, 0.6) is 0 Å². The van der Waals surface area contributed by atoms with Crippen molar-refractivity contribution in [2.45, 2.75) is 30.3 Å². The number of halogens is 2. The molecular weight excluding hydrogens is 351 g/mol. The van der Waals surface area contributed by atoms with Crippen molar-refractivity contribution in [3.8, 4) is 0 Å². The summed E-state index contributed by atoms with van der Waals surface area (Å²) >= 11 is 4.95. The standard InChI is InChI=1S/C16H18BrFN2S/c1-11(2)9-19-10-12-14(18)6-3-7-15(12)21-16-13(17)5-4-8-20-16/h3-8,11,19H,9-10H2,1-2H3. The lowest BCUT2D eigenvalue weighted by Gasteiger charge is -2.12. The molecule has 0 radical (unpaired) electrons. The summed E-state index contributed by atoms with van der Waals surface area (Å²) in [5, 5.41) is 4.14. The van der Waals surface area contributed by atoms with Gasteiger partial charge in [-0.05, 0) is 52.7 Å². The molecule has 0 unspecified atom stereocenters.